The van der Waals surface area contributed by atoms with Crippen LogP contribution in [0.3, 0.4) is 0 Å². The van der Waals surface area contributed by atoms with Crippen LogP contribution >= 0.6 is 0 Å². The first kappa shape index (κ1) is 59.6. The first-order chi connectivity index (χ1) is 44.2. The Labute approximate surface area is 541 Å². The zero-order valence-electron chi connectivity index (χ0n) is 54.7. The van der Waals surface area contributed by atoms with Crippen molar-refractivity contribution in [2.24, 2.45) is 78.3 Å². The molecule has 0 radical (unpaired) electrons. The summed E-state index contributed by atoms with van der Waals surface area (Å²) in [5.74, 6) is -1.40. The number of Topliss-reactive ketones (excluding diaryl/α,β-unsaturated/α-hetero) is 1. The molecule has 17 aliphatic rings. The minimum atomic E-state index is -1.83. The van der Waals surface area contributed by atoms with Gasteiger partial charge in [-0.2, -0.15) is 0 Å². The number of carbonyl (C=O) groups is 2. The van der Waals surface area contributed by atoms with Crippen LogP contribution < -0.4 is 15.6 Å². The number of rotatable bonds is 7. The maximum absolute atomic E-state index is 13.8. The van der Waals surface area contributed by atoms with Gasteiger partial charge in [-0.15, -0.1) is 0 Å². The van der Waals surface area contributed by atoms with E-state index in [1.54, 1.807) is 0 Å². The number of hydrazine groups is 1. The van der Waals surface area contributed by atoms with Crippen molar-refractivity contribution in [1.82, 2.24) is 10.9 Å². The summed E-state index contributed by atoms with van der Waals surface area (Å²) in [6.45, 7) is 4.07. The molecule has 498 valence electrons. The van der Waals surface area contributed by atoms with Gasteiger partial charge >= 0.3 is 5.97 Å². The molecular weight excluding hydrogens is 1160 g/mol. The van der Waals surface area contributed by atoms with Crippen LogP contribution in [-0.2, 0) is 14.2 Å². The Morgan fingerprint density at radius 1 is 0.750 bits per heavy atom. The maximum Gasteiger partial charge on any atom is 0.335 e. The fourth-order valence-corrected chi connectivity index (χ4v) is 30.5. The Morgan fingerprint density at radius 3 is 2.30 bits per heavy atom. The molecular formula is C77H102N2O13. The van der Waals surface area contributed by atoms with Gasteiger partial charge in [0.2, 0.25) is 6.29 Å². The molecule has 92 heavy (non-hydrogen) atoms. The van der Waals surface area contributed by atoms with E-state index in [-0.39, 0.29) is 80.9 Å². The third kappa shape index (κ3) is 7.21. The first-order valence-corrected chi connectivity index (χ1v) is 37.2. The summed E-state index contributed by atoms with van der Waals surface area (Å²) in [4.78, 5) is 26.0. The van der Waals surface area contributed by atoms with Crippen molar-refractivity contribution in [2.45, 2.75) is 280 Å². The van der Waals surface area contributed by atoms with Gasteiger partial charge in [-0.05, 0) is 265 Å². The number of allylic oxidation sites excluding steroid dienone is 1. The summed E-state index contributed by atoms with van der Waals surface area (Å²) in [7, 11) is 0. The second-order valence-electron chi connectivity index (χ2n) is 35.9. The highest BCUT2D eigenvalue weighted by Crippen LogP contribution is 2.90. The van der Waals surface area contributed by atoms with Crippen molar-refractivity contribution in [3.63, 3.8) is 0 Å². The predicted molar refractivity (Wildman–Crippen MR) is 341 cm³/mol. The van der Waals surface area contributed by atoms with Gasteiger partial charge in [0.05, 0.1) is 35.3 Å². The van der Waals surface area contributed by atoms with Crippen molar-refractivity contribution < 1.29 is 64.3 Å². The van der Waals surface area contributed by atoms with E-state index in [4.69, 9.17) is 18.9 Å². The molecule has 2 aromatic rings. The van der Waals surface area contributed by atoms with Gasteiger partial charge in [0, 0.05) is 52.5 Å². The van der Waals surface area contributed by atoms with Crippen molar-refractivity contribution in [1.29, 1.82) is 0 Å². The quantitative estimate of drug-likeness (QED) is 0.0926. The average Bonchev–Trinajstić information content (AvgIpc) is 1.40. The third-order valence-corrected chi connectivity index (χ3v) is 32.8. The van der Waals surface area contributed by atoms with Crippen LogP contribution in [0.5, 0.6) is 17.2 Å². The molecule has 5 heterocycles. The molecule has 20 unspecified atom stereocenters. The van der Waals surface area contributed by atoms with E-state index in [1.165, 1.54) is 184 Å². The highest BCUT2D eigenvalue weighted by Gasteiger charge is 2.84. The van der Waals surface area contributed by atoms with Crippen LogP contribution in [-0.4, -0.2) is 121 Å². The minimum absolute atomic E-state index is 0.0704. The van der Waals surface area contributed by atoms with Crippen LogP contribution in [0.15, 0.2) is 34.9 Å². The van der Waals surface area contributed by atoms with Gasteiger partial charge in [-0.3, -0.25) is 15.6 Å². The number of fused-ring (bicyclic) bond motifs is 6. The van der Waals surface area contributed by atoms with Crippen molar-refractivity contribution >= 4 is 22.5 Å². The van der Waals surface area contributed by atoms with Gasteiger partial charge in [-0.1, -0.05) is 57.4 Å². The number of aliphatic hydroxyl groups excluding tert-OH is 4. The molecule has 10 spiro atoms. The van der Waals surface area contributed by atoms with E-state index in [9.17, 15) is 45.3 Å². The topological polar surface area (TPSA) is 237 Å². The number of phenolic OH excluding ortho intramolecular Hbond substituents is 2. The Kier molecular flexibility index (Phi) is 12.7. The fraction of sp³-hybridized carbons (Fsp3) is 0.792. The molecule has 9 N–H and O–H groups in total. The first-order valence-electron chi connectivity index (χ1n) is 37.2. The molecule has 15 fully saturated rings. The Morgan fingerprint density at radius 2 is 1.52 bits per heavy atom. The number of aromatic hydroxyl groups is 2. The molecule has 15 nitrogen and oxygen atoms in total. The van der Waals surface area contributed by atoms with E-state index >= 15 is 0 Å². The maximum atomic E-state index is 13.8. The van der Waals surface area contributed by atoms with Crippen LogP contribution in [0.2, 0.25) is 0 Å². The normalized spacial score (nSPS) is 48.1. The molecule has 0 aromatic heterocycles. The minimum Gasteiger partial charge on any atom is -0.507 e. The van der Waals surface area contributed by atoms with E-state index in [0.717, 1.165) is 43.9 Å². The number of hydrogen-bond donors (Lipinski definition) is 9. The largest absolute Gasteiger partial charge is 0.507 e. The molecule has 5 aliphatic heterocycles. The van der Waals surface area contributed by atoms with E-state index in [1.807, 2.05) is 0 Å². The SMILES string of the molecule is CC(=O)c1c(C)c(O)c2cc(C(=O)O)cc(OC3OC4C(O)C5(CCCC5)CC5OC4(CC4C6=C5CC=C6C5(CCCO)COCC6CC78CC4(NNC7CC4(C8)CC7(CC8(CCCC8)CC78CCCC8)C7CCCC8CCCC89CCC74C9)C65)C(O)C3O)c2c1O. The molecule has 11 saturated carbocycles. The number of ether oxygens (including phenoxy) is 4. The number of nitrogens with one attached hydrogen (secondary N) is 2. The van der Waals surface area contributed by atoms with Crippen LogP contribution in [0.4, 0.5) is 0 Å². The summed E-state index contributed by atoms with van der Waals surface area (Å²) in [5.41, 5.74) is 11.2. The Balaban J connectivity index is 0.763. The number of carboxylic acids is 1. The number of aromatic carboxylic acids is 1. The molecule has 2 aromatic carbocycles. The monoisotopic (exact) mass is 1260 g/mol. The molecule has 19 rings (SSSR count). The smallest absolute Gasteiger partial charge is 0.335 e. The second kappa shape index (κ2) is 19.6. The van der Waals surface area contributed by atoms with Crippen LogP contribution in [0.25, 0.3) is 10.8 Å². The number of hydrogen-bond acceptors (Lipinski definition) is 14. The van der Waals surface area contributed by atoms with Crippen molar-refractivity contribution in [3.05, 3.63) is 51.6 Å². The molecule has 6 bridgehead atoms. The zero-order chi connectivity index (χ0) is 62.8. The Bertz CT molecular complexity index is 3560. The summed E-state index contributed by atoms with van der Waals surface area (Å²) in [6, 6.07) is 2.66. The lowest BCUT2D eigenvalue weighted by Gasteiger charge is -2.72. The van der Waals surface area contributed by atoms with Gasteiger partial charge in [0.25, 0.3) is 0 Å². The number of carboxylic acid groups (broad SMARTS) is 1. The van der Waals surface area contributed by atoms with E-state index < -0.39 is 82.0 Å². The highest BCUT2D eigenvalue weighted by molar-refractivity contribution is 6.11. The predicted octanol–water partition coefficient (Wildman–Crippen LogP) is 12.3. The summed E-state index contributed by atoms with van der Waals surface area (Å²) >= 11 is 0. The number of ketones is 1. The van der Waals surface area contributed by atoms with Gasteiger partial charge in [0.15, 0.2) is 5.78 Å². The molecule has 12 aliphatic carbocycles. The highest BCUT2D eigenvalue weighted by atomic mass is 16.7. The van der Waals surface area contributed by atoms with E-state index in [0.29, 0.717) is 72.4 Å². The summed E-state index contributed by atoms with van der Waals surface area (Å²) < 4.78 is 29.0. The lowest BCUT2D eigenvalue weighted by Crippen LogP contribution is -2.81. The average molecular weight is 1260 g/mol. The third-order valence-electron chi connectivity index (χ3n) is 32.8. The number of phenols is 2. The standard InChI is InChI=1S/C77H102N2O13/c1-42-55(43(2)81)59(83)57-48(58(42)82)28-44(65(87)88)29-51(57)90-66-60(84)62(85)77-31-50-56-47(52(92-77)32-68(19-5-6-20-68)63(86)64(77)91-66)15-16-49(56)73(24-11-27-80)41-89-34-45-30-70-37-72(33-54(70)78-79-76(50,39-70)61(45)73)40-75(36-67(17-3-4-18-67)35-71(75)22-7-8-23-71)53-14-9-12-46-13-10-21-69(46)25-26-74(53,72)38-69/h16,28-29,45-46,50,52-54,60-64,66,78-80,82-86H,3-15,17-27,30-41H2,1-2H3,(H,87,88). The number of aliphatic hydroxyl groups is 4. The van der Waals surface area contributed by atoms with Gasteiger partial charge in [-0.25, -0.2) is 4.79 Å². The van der Waals surface area contributed by atoms with Crippen LogP contribution in [0, 0.1) is 85.2 Å². The van der Waals surface area contributed by atoms with Crippen molar-refractivity contribution in [2.75, 3.05) is 19.8 Å². The summed E-state index contributed by atoms with van der Waals surface area (Å²) in [5, 5.41) is 85.4. The fourth-order valence-electron chi connectivity index (χ4n) is 30.5. The number of benzene rings is 2. The molecule has 15 heteroatoms. The van der Waals surface area contributed by atoms with Gasteiger partial charge in [0.1, 0.15) is 41.2 Å². The lowest BCUT2D eigenvalue weighted by atomic mass is 9.38. The molecule has 20 atom stereocenters. The summed E-state index contributed by atoms with van der Waals surface area (Å²) in [6.07, 6.45) is 33.4. The molecule has 4 saturated heterocycles. The van der Waals surface area contributed by atoms with E-state index in [2.05, 4.69) is 16.9 Å². The lowest BCUT2D eigenvalue weighted by molar-refractivity contribution is -0.340. The Hall–Kier alpha value is -3.64. The van der Waals surface area contributed by atoms with Crippen molar-refractivity contribution in [3.8, 4) is 17.2 Å². The second-order valence-corrected chi connectivity index (χ2v) is 35.9. The van der Waals surface area contributed by atoms with Gasteiger partial charge < -0.3 is 54.7 Å². The number of carbonyl (C=O) groups excluding carboxylic acids is 1. The molecule has 0 amide bonds. The zero-order valence-corrected chi connectivity index (χ0v) is 54.7. The van der Waals surface area contributed by atoms with Crippen LogP contribution in [0.1, 0.15) is 245 Å².